The van der Waals surface area contributed by atoms with Gasteiger partial charge in [0.25, 0.3) is 0 Å². The summed E-state index contributed by atoms with van der Waals surface area (Å²) in [5.41, 5.74) is 1.45. The van der Waals surface area contributed by atoms with Crippen LogP contribution in [0, 0.1) is 23.7 Å². The van der Waals surface area contributed by atoms with Crippen LogP contribution in [-0.4, -0.2) is 29.1 Å². The fourth-order valence-electron chi connectivity index (χ4n) is 4.85. The number of ether oxygens (including phenoxy) is 1. The molecule has 0 saturated heterocycles. The zero-order valence-electron chi connectivity index (χ0n) is 16.1. The Kier molecular flexibility index (Phi) is 5.04. The van der Waals surface area contributed by atoms with Crippen LogP contribution in [-0.2, 0) is 27.2 Å². The first-order valence-electron chi connectivity index (χ1n) is 9.94. The molecule has 2 N–H and O–H groups in total. The van der Waals surface area contributed by atoms with E-state index in [4.69, 9.17) is 4.74 Å². The van der Waals surface area contributed by atoms with Crippen LogP contribution in [0.3, 0.4) is 0 Å². The monoisotopic (exact) mass is 403 g/mol. The molecule has 1 heterocycles. The quantitative estimate of drug-likeness (QED) is 0.578. The van der Waals surface area contributed by atoms with Crippen LogP contribution in [0.1, 0.15) is 53.9 Å². The molecule has 3 aliphatic carbocycles. The van der Waals surface area contributed by atoms with Gasteiger partial charge >= 0.3 is 11.9 Å². The summed E-state index contributed by atoms with van der Waals surface area (Å²) in [5, 5.41) is 13.0. The third-order valence-corrected chi connectivity index (χ3v) is 7.21. The Morgan fingerprint density at radius 2 is 1.82 bits per heavy atom. The number of fused-ring (bicyclic) bond motifs is 3. The molecule has 1 fully saturated rings. The van der Waals surface area contributed by atoms with E-state index in [2.05, 4.69) is 5.32 Å². The van der Waals surface area contributed by atoms with Crippen LogP contribution in [0.4, 0.5) is 5.00 Å². The van der Waals surface area contributed by atoms with Gasteiger partial charge in [-0.2, -0.15) is 0 Å². The summed E-state index contributed by atoms with van der Waals surface area (Å²) in [4.78, 5) is 38.7. The number of amides is 1. The van der Waals surface area contributed by atoms with Crippen molar-refractivity contribution in [3.8, 4) is 0 Å². The Hall–Kier alpha value is -2.15. The van der Waals surface area contributed by atoms with Crippen LogP contribution < -0.4 is 5.32 Å². The summed E-state index contributed by atoms with van der Waals surface area (Å²) in [6.45, 7) is 3.60. The molecule has 6 nitrogen and oxygen atoms in total. The van der Waals surface area contributed by atoms with E-state index in [0.29, 0.717) is 17.0 Å². The first kappa shape index (κ1) is 19.2. The van der Waals surface area contributed by atoms with Crippen molar-refractivity contribution in [1.82, 2.24) is 0 Å². The fraction of sp³-hybridized carbons (Fsp3) is 0.571. The number of aliphatic carboxylic acids is 1. The lowest BCUT2D eigenvalue weighted by Gasteiger charge is -2.23. The lowest BCUT2D eigenvalue weighted by Crippen LogP contribution is -2.36. The van der Waals surface area contributed by atoms with E-state index in [1.807, 2.05) is 12.2 Å². The average Bonchev–Trinajstić information content (AvgIpc) is 3.32. The summed E-state index contributed by atoms with van der Waals surface area (Å²) in [7, 11) is 0. The number of hydrogen-bond acceptors (Lipinski definition) is 5. The lowest BCUT2D eigenvalue weighted by atomic mass is 9.82. The summed E-state index contributed by atoms with van der Waals surface area (Å²) >= 11 is 1.44. The largest absolute Gasteiger partial charge is 0.481 e. The van der Waals surface area contributed by atoms with Gasteiger partial charge in [-0.05, 0) is 63.4 Å². The predicted octanol–water partition coefficient (Wildman–Crippen LogP) is 3.65. The zero-order chi connectivity index (χ0) is 20.0. The standard InChI is InChI=1S/C21H25NO5S/c1-10(2)27-21(26)17-13-5-3-4-6-14(13)28-19(17)22-18(23)15-11-7-8-12(9-11)16(15)20(24)25/h7-8,10-12,15-16H,3-6,9H2,1-2H3,(H,22,23)(H,24,25)/t11-,12-,15-,16-/m0/s1. The van der Waals surface area contributed by atoms with Crippen molar-refractivity contribution in [2.45, 2.75) is 52.1 Å². The molecule has 4 atom stereocenters. The van der Waals surface area contributed by atoms with E-state index in [1.165, 1.54) is 11.3 Å². The van der Waals surface area contributed by atoms with Crippen molar-refractivity contribution < 1.29 is 24.2 Å². The third kappa shape index (κ3) is 3.26. The molecule has 1 aromatic rings. The number of carbonyl (C=O) groups is 3. The summed E-state index contributed by atoms with van der Waals surface area (Å²) in [6.07, 6.45) is 8.12. The number of esters is 1. The number of carboxylic acids is 1. The highest BCUT2D eigenvalue weighted by Gasteiger charge is 2.51. The minimum absolute atomic E-state index is 0.0493. The van der Waals surface area contributed by atoms with E-state index in [0.717, 1.165) is 36.1 Å². The van der Waals surface area contributed by atoms with Gasteiger partial charge in [-0.3, -0.25) is 9.59 Å². The average molecular weight is 404 g/mol. The van der Waals surface area contributed by atoms with Crippen LogP contribution in [0.15, 0.2) is 12.2 Å². The highest BCUT2D eigenvalue weighted by molar-refractivity contribution is 7.17. The number of carboxylic acid groups (broad SMARTS) is 1. The molecule has 0 aliphatic heterocycles. The molecule has 1 aromatic heterocycles. The van der Waals surface area contributed by atoms with E-state index in [9.17, 15) is 19.5 Å². The number of nitrogens with one attached hydrogen (secondary N) is 1. The van der Waals surface area contributed by atoms with Crippen molar-refractivity contribution in [3.05, 3.63) is 28.2 Å². The second kappa shape index (κ2) is 7.35. The zero-order valence-corrected chi connectivity index (χ0v) is 16.9. The third-order valence-electron chi connectivity index (χ3n) is 6.00. The number of thiophene rings is 1. The highest BCUT2D eigenvalue weighted by atomic mass is 32.1. The molecule has 0 unspecified atom stereocenters. The van der Waals surface area contributed by atoms with Gasteiger partial charge in [0.1, 0.15) is 5.00 Å². The summed E-state index contributed by atoms with van der Waals surface area (Å²) in [6, 6.07) is 0. The van der Waals surface area contributed by atoms with Gasteiger partial charge < -0.3 is 15.2 Å². The molecular formula is C21H25NO5S. The maximum absolute atomic E-state index is 13.1. The van der Waals surface area contributed by atoms with E-state index < -0.39 is 23.8 Å². The molecule has 0 radical (unpaired) electrons. The van der Waals surface area contributed by atoms with E-state index >= 15 is 0 Å². The van der Waals surface area contributed by atoms with Crippen LogP contribution in [0.5, 0.6) is 0 Å². The fourth-order valence-corrected chi connectivity index (χ4v) is 6.13. The SMILES string of the molecule is CC(C)OC(=O)c1c(NC(=O)[C@@H]2[C@@H](C(=O)O)[C@H]3C=C[C@H]2C3)sc2c1CCCC2. The number of hydrogen-bond donors (Lipinski definition) is 2. The molecule has 1 saturated carbocycles. The second-order valence-corrected chi connectivity index (χ2v) is 9.30. The van der Waals surface area contributed by atoms with Gasteiger partial charge in [-0.15, -0.1) is 11.3 Å². The van der Waals surface area contributed by atoms with Crippen LogP contribution in [0.25, 0.3) is 0 Å². The maximum Gasteiger partial charge on any atom is 0.341 e. The Bertz CT molecular complexity index is 855. The molecule has 4 rings (SSSR count). The normalized spacial score (nSPS) is 27.7. The minimum atomic E-state index is -0.929. The molecule has 150 valence electrons. The molecule has 7 heteroatoms. The van der Waals surface area contributed by atoms with Gasteiger partial charge in [-0.25, -0.2) is 4.79 Å². The van der Waals surface area contributed by atoms with E-state index in [-0.39, 0.29) is 23.8 Å². The Labute approximate surface area is 168 Å². The smallest absolute Gasteiger partial charge is 0.341 e. The maximum atomic E-state index is 13.1. The Balaban J connectivity index is 1.63. The first-order chi connectivity index (χ1) is 13.4. The lowest BCUT2D eigenvalue weighted by molar-refractivity contribution is -0.146. The van der Waals surface area contributed by atoms with E-state index in [1.54, 1.807) is 13.8 Å². The molecule has 0 spiro atoms. The van der Waals surface area contributed by atoms with Crippen molar-refractivity contribution >= 4 is 34.2 Å². The molecule has 3 aliphatic rings. The second-order valence-electron chi connectivity index (χ2n) is 8.20. The van der Waals surface area contributed by atoms with Crippen molar-refractivity contribution in [3.63, 3.8) is 0 Å². The van der Waals surface area contributed by atoms with Gasteiger partial charge in [0.05, 0.1) is 23.5 Å². The highest BCUT2D eigenvalue weighted by Crippen LogP contribution is 2.49. The van der Waals surface area contributed by atoms with Crippen LogP contribution in [0.2, 0.25) is 0 Å². The Morgan fingerprint density at radius 3 is 2.50 bits per heavy atom. The molecule has 2 bridgehead atoms. The minimum Gasteiger partial charge on any atom is -0.481 e. The molecular weight excluding hydrogens is 378 g/mol. The molecule has 1 amide bonds. The topological polar surface area (TPSA) is 92.7 Å². The molecule has 0 aromatic carbocycles. The number of allylic oxidation sites excluding steroid dienone is 2. The first-order valence-corrected chi connectivity index (χ1v) is 10.8. The van der Waals surface area contributed by atoms with Gasteiger partial charge in [0, 0.05) is 4.88 Å². The number of carbonyl (C=O) groups excluding carboxylic acids is 2. The molecule has 28 heavy (non-hydrogen) atoms. The predicted molar refractivity (Wildman–Crippen MR) is 105 cm³/mol. The Morgan fingerprint density at radius 1 is 1.14 bits per heavy atom. The summed E-state index contributed by atoms with van der Waals surface area (Å²) in [5.74, 6) is -3.07. The number of anilines is 1. The van der Waals surface area contributed by atoms with Crippen LogP contribution >= 0.6 is 11.3 Å². The van der Waals surface area contributed by atoms with Crippen molar-refractivity contribution in [1.29, 1.82) is 0 Å². The summed E-state index contributed by atoms with van der Waals surface area (Å²) < 4.78 is 5.43. The van der Waals surface area contributed by atoms with Crippen molar-refractivity contribution in [2.24, 2.45) is 23.7 Å². The number of rotatable bonds is 5. The van der Waals surface area contributed by atoms with Crippen molar-refractivity contribution in [2.75, 3.05) is 5.32 Å². The van der Waals surface area contributed by atoms with Gasteiger partial charge in [-0.1, -0.05) is 12.2 Å². The number of aryl methyl sites for hydroxylation is 1. The van der Waals surface area contributed by atoms with Gasteiger partial charge in [0.2, 0.25) is 5.91 Å². The van der Waals surface area contributed by atoms with Gasteiger partial charge in [0.15, 0.2) is 0 Å².